The number of carbonyl (C=O) groups excluding carboxylic acids is 5. The lowest BCUT2D eigenvalue weighted by Gasteiger charge is -2.42. The van der Waals surface area contributed by atoms with Crippen molar-refractivity contribution in [1.82, 2.24) is 14.7 Å². The molecule has 3 atom stereocenters. The lowest BCUT2D eigenvalue weighted by molar-refractivity contribution is 0.0545. The number of nitrogens with zero attached hydrogens (tertiary/aromatic N) is 3. The van der Waals surface area contributed by atoms with Crippen LogP contribution in [0.4, 0.5) is 0 Å². The molecule has 452 valence electrons. The van der Waals surface area contributed by atoms with E-state index in [0.29, 0.717) is 103 Å². The zero-order chi connectivity index (χ0) is 62.4. The summed E-state index contributed by atoms with van der Waals surface area (Å²) in [5, 5.41) is 0. The van der Waals surface area contributed by atoms with E-state index in [2.05, 4.69) is 150 Å². The molecule has 8 aromatic carbocycles. The van der Waals surface area contributed by atoms with E-state index in [4.69, 9.17) is 0 Å². The predicted octanol–water partition coefficient (Wildman–Crippen LogP) is 16.0. The first kappa shape index (κ1) is 63.0. The molecule has 0 amide bonds. The maximum absolute atomic E-state index is 16.1. The molecule has 0 fully saturated rings. The first-order valence-corrected chi connectivity index (χ1v) is 32.4. The van der Waals surface area contributed by atoms with Gasteiger partial charge in [-0.15, -0.1) is 0 Å². The molecule has 8 aromatic rings. The standard InChI is InChI=1S/C80H87N3O5/c1-10-78(81(13-4)14-5,53-56-30-22-19-23-31-56)74(86)61-42-38-59(39-43-61)51-77(52-60-40-44-62(45-41-60)75(87)79(11-2,82(15-6)16-7)54-57-32-24-20-25-33-57)70-48-63(76(88)80(12-3,83(17-8)18-9)55-58-34-26-21-27-35-58)46-47-64(70)67-49-68-69(50-71(67)77)73(85)66-37-29-28-36-65(66)72(68)84/h19-50H,10-18,51-55H2,1-9H3. The van der Waals surface area contributed by atoms with Crippen molar-refractivity contribution in [3.8, 4) is 11.1 Å². The van der Waals surface area contributed by atoms with Crippen molar-refractivity contribution in [1.29, 1.82) is 0 Å². The van der Waals surface area contributed by atoms with Gasteiger partial charge < -0.3 is 0 Å². The van der Waals surface area contributed by atoms with E-state index in [9.17, 15) is 9.59 Å². The molecule has 0 aromatic heterocycles. The molecule has 0 N–H and O–H groups in total. The second-order valence-electron chi connectivity index (χ2n) is 24.4. The normalized spacial score (nSPS) is 16.3. The zero-order valence-electron chi connectivity index (χ0n) is 53.3. The number of fused-ring (bicyclic) bond motifs is 5. The van der Waals surface area contributed by atoms with Crippen molar-refractivity contribution >= 4 is 28.9 Å². The van der Waals surface area contributed by atoms with Crippen molar-refractivity contribution in [3.63, 3.8) is 0 Å². The van der Waals surface area contributed by atoms with E-state index in [1.54, 1.807) is 24.3 Å². The minimum atomic E-state index is -0.958. The maximum Gasteiger partial charge on any atom is 0.194 e. The summed E-state index contributed by atoms with van der Waals surface area (Å²) in [4.78, 5) is 83.5. The molecular formula is C80H87N3O5. The lowest BCUT2D eigenvalue weighted by Crippen LogP contribution is -2.56. The minimum Gasteiger partial charge on any atom is -0.292 e. The van der Waals surface area contributed by atoms with Gasteiger partial charge >= 0.3 is 0 Å². The van der Waals surface area contributed by atoms with Gasteiger partial charge in [-0.3, -0.25) is 38.7 Å². The van der Waals surface area contributed by atoms with Crippen LogP contribution in [-0.2, 0) is 37.5 Å². The van der Waals surface area contributed by atoms with Gasteiger partial charge in [0.25, 0.3) is 0 Å². The molecule has 10 rings (SSSR count). The average molecular weight is 1170 g/mol. The monoisotopic (exact) mass is 1170 g/mol. The number of Topliss-reactive ketones (excluding diaryl/α,β-unsaturated/α-hetero) is 3. The summed E-state index contributed by atoms with van der Waals surface area (Å²) in [6, 6.07) is 64.4. The van der Waals surface area contributed by atoms with E-state index >= 15 is 14.4 Å². The van der Waals surface area contributed by atoms with E-state index < -0.39 is 22.0 Å². The fourth-order valence-corrected chi connectivity index (χ4v) is 15.5. The first-order valence-electron chi connectivity index (χ1n) is 32.4. The van der Waals surface area contributed by atoms with Crippen LogP contribution in [0.15, 0.2) is 194 Å². The quantitative estimate of drug-likeness (QED) is 0.0448. The fourth-order valence-electron chi connectivity index (χ4n) is 15.5. The summed E-state index contributed by atoms with van der Waals surface area (Å²) < 4.78 is 0. The molecule has 0 saturated heterocycles. The molecule has 2 aliphatic rings. The number of benzene rings is 8. The summed E-state index contributed by atoms with van der Waals surface area (Å²) in [5.41, 5.74) is 8.66. The Morgan fingerprint density at radius 2 is 0.636 bits per heavy atom. The van der Waals surface area contributed by atoms with Crippen LogP contribution in [0, 0.1) is 0 Å². The number of ketones is 5. The highest BCUT2D eigenvalue weighted by molar-refractivity contribution is 6.29. The maximum atomic E-state index is 16.1. The van der Waals surface area contributed by atoms with Crippen LogP contribution in [0.2, 0.25) is 0 Å². The van der Waals surface area contributed by atoms with Gasteiger partial charge in [0.1, 0.15) is 0 Å². The van der Waals surface area contributed by atoms with Gasteiger partial charge in [-0.25, -0.2) is 0 Å². The summed E-state index contributed by atoms with van der Waals surface area (Å²) in [5.74, 6) is -0.222. The highest BCUT2D eigenvalue weighted by atomic mass is 16.1. The third-order valence-electron chi connectivity index (χ3n) is 20.3. The zero-order valence-corrected chi connectivity index (χ0v) is 53.3. The topological polar surface area (TPSA) is 95.1 Å². The SMILES string of the molecule is CCN(CC)C(CC)(Cc1ccccc1)C(=O)c1ccc(CC2(Cc3ccc(C(=O)C(CC)(Cc4ccccc4)N(CC)CC)cc3)c3cc(C(=O)C(CC)(Cc4ccccc4)N(CC)CC)ccc3-c3cc4c(cc32)C(=O)c2ccccc2C4=O)cc1. The molecule has 88 heavy (non-hydrogen) atoms. The molecule has 0 bridgehead atoms. The van der Waals surface area contributed by atoms with Crippen molar-refractivity contribution < 1.29 is 24.0 Å². The van der Waals surface area contributed by atoms with Gasteiger partial charge in [-0.05, 0) is 159 Å². The first-order chi connectivity index (χ1) is 42.7. The molecule has 8 heteroatoms. The molecule has 3 unspecified atom stereocenters. The van der Waals surface area contributed by atoms with Gasteiger partial charge in [0, 0.05) is 44.4 Å². The highest BCUT2D eigenvalue weighted by Gasteiger charge is 2.49. The Balaban J connectivity index is 1.17. The van der Waals surface area contributed by atoms with Crippen LogP contribution in [-0.4, -0.2) is 99.5 Å². The van der Waals surface area contributed by atoms with Crippen LogP contribution in [0.5, 0.6) is 0 Å². The van der Waals surface area contributed by atoms with Crippen LogP contribution in [0.25, 0.3) is 11.1 Å². The molecule has 0 saturated carbocycles. The summed E-state index contributed by atoms with van der Waals surface area (Å²) in [7, 11) is 0. The van der Waals surface area contributed by atoms with Crippen molar-refractivity contribution in [2.75, 3.05) is 39.3 Å². The van der Waals surface area contributed by atoms with Crippen molar-refractivity contribution in [2.24, 2.45) is 0 Å². The predicted molar refractivity (Wildman–Crippen MR) is 358 cm³/mol. The second-order valence-corrected chi connectivity index (χ2v) is 24.4. The minimum absolute atomic E-state index is 0.0345. The van der Waals surface area contributed by atoms with E-state index in [1.165, 1.54) is 0 Å². The summed E-state index contributed by atoms with van der Waals surface area (Å²) in [6.45, 7) is 23.3. The van der Waals surface area contributed by atoms with Crippen molar-refractivity contribution in [2.45, 2.75) is 136 Å². The number of hydrogen-bond acceptors (Lipinski definition) is 8. The van der Waals surface area contributed by atoms with Crippen LogP contribution < -0.4 is 0 Å². The Hall–Kier alpha value is -8.01. The number of carbonyl (C=O) groups is 5. The smallest absolute Gasteiger partial charge is 0.194 e. The Morgan fingerprint density at radius 1 is 0.318 bits per heavy atom. The highest BCUT2D eigenvalue weighted by Crippen LogP contribution is 2.55. The molecule has 0 radical (unpaired) electrons. The van der Waals surface area contributed by atoms with Crippen molar-refractivity contribution in [3.05, 3.63) is 272 Å². The molecule has 0 heterocycles. The largest absolute Gasteiger partial charge is 0.292 e. The molecule has 8 nitrogen and oxygen atoms in total. The Bertz CT molecular complexity index is 3680. The van der Waals surface area contributed by atoms with Gasteiger partial charge in [0.15, 0.2) is 28.9 Å². The van der Waals surface area contributed by atoms with Crippen LogP contribution >= 0.6 is 0 Å². The van der Waals surface area contributed by atoms with E-state index in [1.807, 2.05) is 97.1 Å². The van der Waals surface area contributed by atoms with Crippen LogP contribution in [0.1, 0.15) is 183 Å². The fraction of sp³-hybridized carbons (Fsp3) is 0.338. The summed E-state index contributed by atoms with van der Waals surface area (Å²) >= 11 is 0. The molecule has 0 aliphatic heterocycles. The number of rotatable bonds is 28. The third-order valence-corrected chi connectivity index (χ3v) is 20.3. The van der Waals surface area contributed by atoms with Gasteiger partial charge in [0.2, 0.25) is 0 Å². The number of hydrogen-bond donors (Lipinski definition) is 0. The van der Waals surface area contributed by atoms with E-state index in [0.717, 1.165) is 76.3 Å². The van der Waals surface area contributed by atoms with Gasteiger partial charge in [-0.1, -0.05) is 238 Å². The summed E-state index contributed by atoms with van der Waals surface area (Å²) in [6.07, 6.45) is 4.33. The Labute approximate surface area is 523 Å². The lowest BCUT2D eigenvalue weighted by atomic mass is 9.68. The Kier molecular flexibility index (Phi) is 19.2. The van der Waals surface area contributed by atoms with Crippen LogP contribution in [0.3, 0.4) is 0 Å². The van der Waals surface area contributed by atoms with Gasteiger partial charge in [0.05, 0.1) is 16.6 Å². The number of likely N-dealkylation sites (N-methyl/N-ethyl adjacent to an activating group) is 3. The molecule has 2 aliphatic carbocycles. The molecular weight excluding hydrogens is 1080 g/mol. The van der Waals surface area contributed by atoms with E-state index in [-0.39, 0.29) is 28.9 Å². The second kappa shape index (κ2) is 26.8. The van der Waals surface area contributed by atoms with Gasteiger partial charge in [-0.2, -0.15) is 0 Å². The average Bonchev–Trinajstić information content (AvgIpc) is 2.51. The third kappa shape index (κ3) is 11.3. The molecule has 0 spiro atoms. The Morgan fingerprint density at radius 3 is 0.989 bits per heavy atom.